The van der Waals surface area contributed by atoms with Gasteiger partial charge in [0.15, 0.2) is 5.11 Å². The highest BCUT2D eigenvalue weighted by molar-refractivity contribution is 9.10. The highest BCUT2D eigenvalue weighted by Crippen LogP contribution is 2.29. The molecule has 1 saturated heterocycles. The molecule has 2 aromatic rings. The van der Waals surface area contributed by atoms with Gasteiger partial charge in [0.25, 0.3) is 11.8 Å². The van der Waals surface area contributed by atoms with E-state index in [1.165, 1.54) is 11.9 Å². The fourth-order valence-corrected chi connectivity index (χ4v) is 3.45. The smallest absolute Gasteiger partial charge is 0.265 e. The standard InChI is InChI=1S/C18H15BrClN3O2S/c1-9-6-11(7-13-16(24)21-18(26)22(3)17(13)25)10(2)23(9)12-4-5-14(19)15(20)8-12/h4-8H,1-3H3,(H,21,24,26)/b13-7+. The summed E-state index contributed by atoms with van der Waals surface area (Å²) >= 11 is 14.6. The Bertz CT molecular complexity index is 997. The van der Waals surface area contributed by atoms with Gasteiger partial charge in [0.1, 0.15) is 5.57 Å². The number of hydrogen-bond donors (Lipinski definition) is 1. The van der Waals surface area contributed by atoms with Crippen molar-refractivity contribution in [2.45, 2.75) is 13.8 Å². The Labute approximate surface area is 169 Å². The number of benzene rings is 1. The topological polar surface area (TPSA) is 54.3 Å². The first-order valence-electron chi connectivity index (χ1n) is 7.70. The zero-order chi connectivity index (χ0) is 19.2. The van der Waals surface area contributed by atoms with E-state index in [0.29, 0.717) is 5.02 Å². The van der Waals surface area contributed by atoms with Crippen LogP contribution in [0.2, 0.25) is 5.02 Å². The number of hydrogen-bond acceptors (Lipinski definition) is 3. The number of amides is 2. The lowest BCUT2D eigenvalue weighted by Gasteiger charge is -2.25. The fraction of sp³-hybridized carbons (Fsp3) is 0.167. The fourth-order valence-electron chi connectivity index (χ4n) is 2.86. The van der Waals surface area contributed by atoms with Crippen LogP contribution in [0.15, 0.2) is 34.3 Å². The molecule has 2 heterocycles. The van der Waals surface area contributed by atoms with E-state index in [2.05, 4.69) is 21.2 Å². The van der Waals surface area contributed by atoms with Crippen LogP contribution in [0.25, 0.3) is 11.8 Å². The van der Waals surface area contributed by atoms with Gasteiger partial charge in [-0.2, -0.15) is 0 Å². The minimum atomic E-state index is -0.491. The maximum atomic E-state index is 12.4. The van der Waals surface area contributed by atoms with Crippen LogP contribution in [0.3, 0.4) is 0 Å². The minimum absolute atomic E-state index is 0.0511. The molecule has 3 rings (SSSR count). The lowest BCUT2D eigenvalue weighted by molar-refractivity contribution is -0.128. The summed E-state index contributed by atoms with van der Waals surface area (Å²) in [5.41, 5.74) is 3.58. The molecule has 1 aromatic heterocycles. The van der Waals surface area contributed by atoms with Crippen LogP contribution in [-0.4, -0.2) is 33.4 Å². The van der Waals surface area contributed by atoms with Crippen molar-refractivity contribution in [1.29, 1.82) is 0 Å². The van der Waals surface area contributed by atoms with Crippen molar-refractivity contribution >= 4 is 62.8 Å². The van der Waals surface area contributed by atoms with Crippen molar-refractivity contribution in [2.75, 3.05) is 7.05 Å². The van der Waals surface area contributed by atoms with Gasteiger partial charge in [0.2, 0.25) is 0 Å². The van der Waals surface area contributed by atoms with Gasteiger partial charge in [-0.3, -0.25) is 19.8 Å². The monoisotopic (exact) mass is 451 g/mol. The Morgan fingerprint density at radius 3 is 2.58 bits per heavy atom. The zero-order valence-electron chi connectivity index (χ0n) is 14.3. The van der Waals surface area contributed by atoms with Crippen LogP contribution in [0.4, 0.5) is 0 Å². The first-order valence-corrected chi connectivity index (χ1v) is 9.28. The van der Waals surface area contributed by atoms with Gasteiger partial charge < -0.3 is 4.57 Å². The molecule has 0 atom stereocenters. The summed E-state index contributed by atoms with van der Waals surface area (Å²) < 4.78 is 2.83. The number of aromatic nitrogens is 1. The molecule has 0 unspecified atom stereocenters. The molecular weight excluding hydrogens is 438 g/mol. The summed E-state index contributed by atoms with van der Waals surface area (Å²) in [5, 5.41) is 3.22. The van der Waals surface area contributed by atoms with Gasteiger partial charge in [-0.25, -0.2) is 0 Å². The summed E-state index contributed by atoms with van der Waals surface area (Å²) in [5.74, 6) is -0.912. The number of thiocarbonyl (C=S) groups is 1. The van der Waals surface area contributed by atoms with Crippen LogP contribution in [-0.2, 0) is 9.59 Å². The van der Waals surface area contributed by atoms with Crippen molar-refractivity contribution in [3.05, 3.63) is 56.3 Å². The first-order chi connectivity index (χ1) is 12.2. The highest BCUT2D eigenvalue weighted by Gasteiger charge is 2.31. The van der Waals surface area contributed by atoms with Crippen LogP contribution >= 0.6 is 39.7 Å². The molecule has 134 valence electrons. The maximum absolute atomic E-state index is 12.4. The number of nitrogens with one attached hydrogen (secondary N) is 1. The Balaban J connectivity index is 2.08. The van der Waals surface area contributed by atoms with E-state index in [0.717, 1.165) is 27.1 Å². The number of carbonyl (C=O) groups excluding carboxylic acids is 2. The number of rotatable bonds is 2. The molecule has 0 radical (unpaired) electrons. The number of halogens is 2. The quantitative estimate of drug-likeness (QED) is 0.429. The predicted octanol–water partition coefficient (Wildman–Crippen LogP) is 3.77. The van der Waals surface area contributed by atoms with Gasteiger partial charge in [0.05, 0.1) is 5.02 Å². The SMILES string of the molecule is Cc1cc(/C=C2\C(=O)NC(=S)N(C)C2=O)c(C)n1-c1ccc(Br)c(Cl)c1. The molecule has 1 aliphatic heterocycles. The second kappa shape index (κ2) is 6.98. The average molecular weight is 453 g/mol. The third-order valence-electron chi connectivity index (χ3n) is 4.24. The second-order valence-electron chi connectivity index (χ2n) is 5.94. The molecule has 1 N–H and O–H groups in total. The third-order valence-corrected chi connectivity index (χ3v) is 5.84. The lowest BCUT2D eigenvalue weighted by Crippen LogP contribution is -2.52. The molecule has 2 amide bonds. The van der Waals surface area contributed by atoms with E-state index < -0.39 is 11.8 Å². The maximum Gasteiger partial charge on any atom is 0.265 e. The summed E-state index contributed by atoms with van der Waals surface area (Å²) in [6, 6.07) is 7.60. The molecule has 8 heteroatoms. The summed E-state index contributed by atoms with van der Waals surface area (Å²) in [7, 11) is 1.53. The van der Waals surface area contributed by atoms with Gasteiger partial charge in [-0.15, -0.1) is 0 Å². The number of nitrogens with zero attached hydrogens (tertiary/aromatic N) is 2. The Morgan fingerprint density at radius 1 is 1.23 bits per heavy atom. The summed E-state index contributed by atoms with van der Waals surface area (Å²) in [4.78, 5) is 25.8. The molecule has 0 bridgehead atoms. The normalized spacial score (nSPS) is 16.4. The van der Waals surface area contributed by atoms with Crippen molar-refractivity contribution in [3.8, 4) is 5.69 Å². The van der Waals surface area contributed by atoms with Gasteiger partial charge >= 0.3 is 0 Å². The number of likely N-dealkylation sites (N-methyl/N-ethyl adjacent to an activating group) is 1. The van der Waals surface area contributed by atoms with Crippen molar-refractivity contribution in [3.63, 3.8) is 0 Å². The van der Waals surface area contributed by atoms with E-state index in [1.807, 2.05) is 42.7 Å². The molecule has 1 fully saturated rings. The Kier molecular flexibility index (Phi) is 5.05. The molecule has 1 aliphatic rings. The summed E-state index contributed by atoms with van der Waals surface area (Å²) in [6.45, 7) is 3.88. The number of carbonyl (C=O) groups is 2. The van der Waals surface area contributed by atoms with E-state index in [-0.39, 0.29) is 10.7 Å². The van der Waals surface area contributed by atoms with Crippen LogP contribution in [0.1, 0.15) is 17.0 Å². The first kappa shape index (κ1) is 18.8. The van der Waals surface area contributed by atoms with Gasteiger partial charge in [-0.1, -0.05) is 11.6 Å². The molecule has 0 aliphatic carbocycles. The molecule has 26 heavy (non-hydrogen) atoms. The van der Waals surface area contributed by atoms with Gasteiger partial charge in [-0.05, 0) is 77.9 Å². The van der Waals surface area contributed by atoms with Gasteiger partial charge in [0, 0.05) is 28.6 Å². The van der Waals surface area contributed by atoms with Crippen LogP contribution in [0.5, 0.6) is 0 Å². The van der Waals surface area contributed by atoms with E-state index >= 15 is 0 Å². The van der Waals surface area contributed by atoms with Crippen molar-refractivity contribution < 1.29 is 9.59 Å². The molecule has 1 aromatic carbocycles. The van der Waals surface area contributed by atoms with Crippen LogP contribution < -0.4 is 5.32 Å². The van der Waals surface area contributed by atoms with Crippen molar-refractivity contribution in [1.82, 2.24) is 14.8 Å². The zero-order valence-corrected chi connectivity index (χ0v) is 17.4. The van der Waals surface area contributed by atoms with E-state index in [9.17, 15) is 9.59 Å². The second-order valence-corrected chi connectivity index (χ2v) is 7.59. The Hall–Kier alpha value is -1.96. The van der Waals surface area contributed by atoms with E-state index in [4.69, 9.17) is 23.8 Å². The molecular formula is C18H15BrClN3O2S. The summed E-state index contributed by atoms with van der Waals surface area (Å²) in [6.07, 6.45) is 1.59. The molecule has 5 nitrogen and oxygen atoms in total. The number of aryl methyl sites for hydroxylation is 1. The van der Waals surface area contributed by atoms with Crippen LogP contribution in [0, 0.1) is 13.8 Å². The third kappa shape index (κ3) is 3.22. The highest BCUT2D eigenvalue weighted by atomic mass is 79.9. The molecule has 0 spiro atoms. The van der Waals surface area contributed by atoms with Crippen molar-refractivity contribution in [2.24, 2.45) is 0 Å². The minimum Gasteiger partial charge on any atom is -0.318 e. The van der Waals surface area contributed by atoms with E-state index in [1.54, 1.807) is 6.08 Å². The largest absolute Gasteiger partial charge is 0.318 e. The molecule has 0 saturated carbocycles. The Morgan fingerprint density at radius 2 is 1.92 bits per heavy atom. The average Bonchev–Trinajstić information content (AvgIpc) is 2.86. The lowest BCUT2D eigenvalue weighted by atomic mass is 10.1. The predicted molar refractivity (Wildman–Crippen MR) is 109 cm³/mol.